The summed E-state index contributed by atoms with van der Waals surface area (Å²) in [4.78, 5) is 3.39. The molecule has 0 spiro atoms. The van der Waals surface area contributed by atoms with Crippen molar-refractivity contribution in [1.82, 2.24) is 4.98 Å². The van der Waals surface area contributed by atoms with Crippen molar-refractivity contribution in [2.45, 2.75) is 19.5 Å². The van der Waals surface area contributed by atoms with Crippen molar-refractivity contribution < 1.29 is 26.7 Å². The van der Waals surface area contributed by atoms with Gasteiger partial charge in [0.15, 0.2) is 0 Å². The van der Waals surface area contributed by atoms with E-state index >= 15 is 0 Å². The zero-order chi connectivity index (χ0) is 12.5. The average Bonchev–Trinajstić information content (AvgIpc) is 2.15. The third-order valence-electron chi connectivity index (χ3n) is 1.96. The van der Waals surface area contributed by atoms with Crippen LogP contribution in [-0.2, 0) is 6.18 Å². The van der Waals surface area contributed by atoms with E-state index in [4.69, 9.17) is 0 Å². The maximum Gasteiger partial charge on any atom is 0.417 e. The maximum absolute atomic E-state index is 12.6. The van der Waals surface area contributed by atoms with Crippen LogP contribution in [-0.4, -0.2) is 12.1 Å². The molecule has 0 aromatic carbocycles. The zero-order valence-electron chi connectivity index (χ0n) is 8.40. The van der Waals surface area contributed by atoms with Crippen LogP contribution in [0.15, 0.2) is 6.20 Å². The monoisotopic (exact) mass is 241 g/mol. The van der Waals surface area contributed by atoms with Gasteiger partial charge in [-0.15, -0.1) is 0 Å². The molecular formula is C9H8F5NO. The number of halogens is 5. The Balaban J connectivity index is 3.55. The fraction of sp³-hybridized carbons (Fsp3) is 0.444. The van der Waals surface area contributed by atoms with Gasteiger partial charge in [-0.2, -0.15) is 13.2 Å². The second-order valence-corrected chi connectivity index (χ2v) is 3.04. The Morgan fingerprint density at radius 1 is 1.31 bits per heavy atom. The summed E-state index contributed by atoms with van der Waals surface area (Å²) in [7, 11) is 0.990. The predicted molar refractivity (Wildman–Crippen MR) is 45.5 cm³/mol. The minimum atomic E-state index is -4.86. The number of methoxy groups -OCH3 is 1. The Hall–Kier alpha value is -1.40. The maximum atomic E-state index is 12.6. The molecule has 2 nitrogen and oxygen atoms in total. The highest BCUT2D eigenvalue weighted by molar-refractivity contribution is 5.42. The van der Waals surface area contributed by atoms with Crippen LogP contribution in [0.25, 0.3) is 0 Å². The van der Waals surface area contributed by atoms with E-state index in [1.54, 1.807) is 0 Å². The number of nitrogens with zero attached hydrogens (tertiary/aromatic N) is 1. The van der Waals surface area contributed by atoms with Gasteiger partial charge in [0.05, 0.1) is 18.2 Å². The van der Waals surface area contributed by atoms with Crippen LogP contribution in [0.1, 0.15) is 23.1 Å². The van der Waals surface area contributed by atoms with Gasteiger partial charge in [0.2, 0.25) is 5.88 Å². The SMILES string of the molecule is COc1ncc(C)c(C(F)(F)F)c1C(F)F. The van der Waals surface area contributed by atoms with Gasteiger partial charge in [-0.3, -0.25) is 0 Å². The van der Waals surface area contributed by atoms with Gasteiger partial charge in [-0.1, -0.05) is 0 Å². The number of hydrogen-bond acceptors (Lipinski definition) is 2. The lowest BCUT2D eigenvalue weighted by atomic mass is 10.0. The summed E-state index contributed by atoms with van der Waals surface area (Å²) in [5, 5.41) is 0. The highest BCUT2D eigenvalue weighted by atomic mass is 19.4. The lowest BCUT2D eigenvalue weighted by molar-refractivity contribution is -0.140. The highest BCUT2D eigenvalue weighted by Crippen LogP contribution is 2.41. The molecule has 1 heterocycles. The van der Waals surface area contributed by atoms with Crippen LogP contribution in [0.2, 0.25) is 0 Å². The Kier molecular flexibility index (Phi) is 3.35. The van der Waals surface area contributed by atoms with Gasteiger partial charge in [-0.25, -0.2) is 13.8 Å². The van der Waals surface area contributed by atoms with E-state index in [1.807, 2.05) is 0 Å². The molecule has 0 unspecified atom stereocenters. The molecule has 16 heavy (non-hydrogen) atoms. The molecule has 1 rings (SSSR count). The lowest BCUT2D eigenvalue weighted by Gasteiger charge is -2.16. The first-order valence-corrected chi connectivity index (χ1v) is 4.17. The second-order valence-electron chi connectivity index (χ2n) is 3.04. The smallest absolute Gasteiger partial charge is 0.417 e. The lowest BCUT2D eigenvalue weighted by Crippen LogP contribution is -2.14. The summed E-state index contributed by atoms with van der Waals surface area (Å²) in [5.74, 6) is -0.701. The van der Waals surface area contributed by atoms with E-state index in [0.29, 0.717) is 0 Å². The predicted octanol–water partition coefficient (Wildman–Crippen LogP) is 3.36. The molecule has 0 aliphatic heterocycles. The highest BCUT2D eigenvalue weighted by Gasteiger charge is 2.39. The number of aromatic nitrogens is 1. The molecule has 0 aliphatic rings. The van der Waals surface area contributed by atoms with E-state index in [2.05, 4.69) is 9.72 Å². The van der Waals surface area contributed by atoms with Crippen LogP contribution in [0.5, 0.6) is 5.88 Å². The van der Waals surface area contributed by atoms with Crippen LogP contribution in [0.4, 0.5) is 22.0 Å². The van der Waals surface area contributed by atoms with Crippen molar-refractivity contribution in [3.63, 3.8) is 0 Å². The number of rotatable bonds is 2. The molecule has 90 valence electrons. The summed E-state index contributed by atoms with van der Waals surface area (Å²) in [6.07, 6.45) is -7.29. The van der Waals surface area contributed by atoms with Crippen LogP contribution >= 0.6 is 0 Å². The first-order chi connectivity index (χ1) is 7.29. The quantitative estimate of drug-likeness (QED) is 0.740. The Morgan fingerprint density at radius 3 is 2.25 bits per heavy atom. The summed E-state index contributed by atoms with van der Waals surface area (Å²) < 4.78 is 67.2. The number of alkyl halides is 5. The number of ether oxygens (including phenoxy) is 1. The summed E-state index contributed by atoms with van der Waals surface area (Å²) >= 11 is 0. The van der Waals surface area contributed by atoms with Gasteiger partial charge in [0, 0.05) is 6.20 Å². The molecular weight excluding hydrogens is 233 g/mol. The number of hydrogen-bond donors (Lipinski definition) is 0. The molecule has 0 bridgehead atoms. The van der Waals surface area contributed by atoms with E-state index < -0.39 is 29.6 Å². The standard InChI is InChI=1S/C9H8F5NO/c1-4-3-15-8(16-2)5(7(10)11)6(4)9(12,13)14/h3,7H,1-2H3. The first-order valence-electron chi connectivity index (χ1n) is 4.17. The first kappa shape index (κ1) is 12.7. The minimum Gasteiger partial charge on any atom is -0.481 e. The van der Waals surface area contributed by atoms with E-state index in [0.717, 1.165) is 20.2 Å². The van der Waals surface area contributed by atoms with Gasteiger partial charge in [-0.05, 0) is 12.5 Å². The third-order valence-corrected chi connectivity index (χ3v) is 1.96. The molecule has 0 fully saturated rings. The normalized spacial score (nSPS) is 12.0. The molecule has 0 atom stereocenters. The van der Waals surface area contributed by atoms with Gasteiger partial charge in [0.1, 0.15) is 0 Å². The molecule has 0 saturated heterocycles. The van der Waals surface area contributed by atoms with Gasteiger partial charge < -0.3 is 4.74 Å². The van der Waals surface area contributed by atoms with E-state index in [9.17, 15) is 22.0 Å². The fourth-order valence-corrected chi connectivity index (χ4v) is 1.35. The summed E-state index contributed by atoms with van der Waals surface area (Å²) in [5.41, 5.74) is -2.95. The van der Waals surface area contributed by atoms with E-state index in [1.165, 1.54) is 0 Å². The van der Waals surface area contributed by atoms with Crippen LogP contribution in [0.3, 0.4) is 0 Å². The molecule has 1 aromatic rings. The fourth-order valence-electron chi connectivity index (χ4n) is 1.35. The Morgan fingerprint density at radius 2 is 1.88 bits per heavy atom. The Bertz CT molecular complexity index is 388. The molecule has 0 amide bonds. The second kappa shape index (κ2) is 4.23. The van der Waals surface area contributed by atoms with Crippen molar-refractivity contribution in [1.29, 1.82) is 0 Å². The third kappa shape index (κ3) is 2.23. The summed E-state index contributed by atoms with van der Waals surface area (Å²) in [6.45, 7) is 1.07. The van der Waals surface area contributed by atoms with E-state index in [-0.39, 0.29) is 5.56 Å². The topological polar surface area (TPSA) is 22.1 Å². The molecule has 1 aromatic heterocycles. The average molecular weight is 241 g/mol. The molecule has 0 saturated carbocycles. The van der Waals surface area contributed by atoms with Crippen molar-refractivity contribution in [2.75, 3.05) is 7.11 Å². The summed E-state index contributed by atoms with van der Waals surface area (Å²) in [6, 6.07) is 0. The number of pyridine rings is 1. The largest absolute Gasteiger partial charge is 0.481 e. The van der Waals surface area contributed by atoms with Crippen molar-refractivity contribution in [3.05, 3.63) is 22.9 Å². The van der Waals surface area contributed by atoms with Gasteiger partial charge >= 0.3 is 6.18 Å². The van der Waals surface area contributed by atoms with Crippen molar-refractivity contribution >= 4 is 0 Å². The number of aryl methyl sites for hydroxylation is 1. The molecule has 0 radical (unpaired) electrons. The molecule has 0 aliphatic carbocycles. The van der Waals surface area contributed by atoms with Crippen molar-refractivity contribution in [3.8, 4) is 5.88 Å². The molecule has 7 heteroatoms. The Labute approximate surface area is 88.1 Å². The van der Waals surface area contributed by atoms with Gasteiger partial charge in [0.25, 0.3) is 6.43 Å². The van der Waals surface area contributed by atoms with Crippen LogP contribution < -0.4 is 4.74 Å². The minimum absolute atomic E-state index is 0.358. The van der Waals surface area contributed by atoms with Crippen LogP contribution in [0, 0.1) is 6.92 Å². The zero-order valence-corrected chi connectivity index (χ0v) is 8.40. The molecule has 0 N–H and O–H groups in total. The van der Waals surface area contributed by atoms with Crippen molar-refractivity contribution in [2.24, 2.45) is 0 Å².